The van der Waals surface area contributed by atoms with E-state index in [1.165, 1.54) is 24.9 Å². The standard InChI is InChI=1S/C12H12FNOS/c1-9-7-11(12(13)14-8-9)5-3-4-6-16-10(2)15/h7-8H,4,6H2,1-2H3. The number of nitrogens with zero attached hydrogens (tertiary/aromatic N) is 1. The number of aryl methyl sites for hydroxylation is 1. The maximum absolute atomic E-state index is 13.1. The number of hydrogen-bond acceptors (Lipinski definition) is 3. The second kappa shape index (κ2) is 6.29. The van der Waals surface area contributed by atoms with E-state index in [1.54, 1.807) is 6.07 Å². The summed E-state index contributed by atoms with van der Waals surface area (Å²) in [5, 5.41) is 0.0743. The second-order valence-electron chi connectivity index (χ2n) is 3.24. The van der Waals surface area contributed by atoms with Gasteiger partial charge < -0.3 is 0 Å². The Balaban J connectivity index is 2.56. The molecular formula is C12H12FNOS. The molecule has 1 aromatic heterocycles. The summed E-state index contributed by atoms with van der Waals surface area (Å²) in [5.74, 6) is 5.64. The van der Waals surface area contributed by atoms with Crippen molar-refractivity contribution < 1.29 is 9.18 Å². The van der Waals surface area contributed by atoms with Crippen LogP contribution in [0, 0.1) is 24.7 Å². The van der Waals surface area contributed by atoms with Gasteiger partial charge in [0, 0.05) is 25.3 Å². The predicted molar refractivity (Wildman–Crippen MR) is 63.6 cm³/mol. The minimum absolute atomic E-state index is 0.0743. The number of pyridine rings is 1. The second-order valence-corrected chi connectivity index (χ2v) is 4.51. The summed E-state index contributed by atoms with van der Waals surface area (Å²) in [5.41, 5.74) is 1.19. The third-order valence-electron chi connectivity index (χ3n) is 1.73. The molecule has 84 valence electrons. The number of carbonyl (C=O) groups is 1. The molecule has 1 rings (SSSR count). The summed E-state index contributed by atoms with van der Waals surface area (Å²) < 4.78 is 13.1. The third-order valence-corrected chi connectivity index (χ3v) is 2.55. The van der Waals surface area contributed by atoms with E-state index < -0.39 is 5.95 Å². The van der Waals surface area contributed by atoms with Crippen LogP contribution in [-0.4, -0.2) is 15.9 Å². The van der Waals surface area contributed by atoms with E-state index in [2.05, 4.69) is 16.8 Å². The molecule has 0 aliphatic heterocycles. The number of carbonyl (C=O) groups excluding carboxylic acids is 1. The van der Waals surface area contributed by atoms with Gasteiger partial charge in [0.25, 0.3) is 0 Å². The van der Waals surface area contributed by atoms with Gasteiger partial charge in [-0.15, -0.1) is 0 Å². The summed E-state index contributed by atoms with van der Waals surface area (Å²) in [6.07, 6.45) is 2.03. The molecule has 4 heteroatoms. The molecule has 1 aromatic rings. The summed E-state index contributed by atoms with van der Waals surface area (Å²) in [6, 6.07) is 1.66. The monoisotopic (exact) mass is 237 g/mol. The number of aromatic nitrogens is 1. The number of thioether (sulfide) groups is 1. The van der Waals surface area contributed by atoms with E-state index in [4.69, 9.17) is 0 Å². The summed E-state index contributed by atoms with van der Waals surface area (Å²) in [4.78, 5) is 14.2. The van der Waals surface area contributed by atoms with Gasteiger partial charge in [0.1, 0.15) is 0 Å². The topological polar surface area (TPSA) is 30.0 Å². The fourth-order valence-electron chi connectivity index (χ4n) is 1.04. The van der Waals surface area contributed by atoms with Gasteiger partial charge in [-0.05, 0) is 18.6 Å². The van der Waals surface area contributed by atoms with Crippen molar-refractivity contribution in [2.45, 2.75) is 20.3 Å². The van der Waals surface area contributed by atoms with Crippen molar-refractivity contribution in [3.8, 4) is 11.8 Å². The van der Waals surface area contributed by atoms with Crippen molar-refractivity contribution >= 4 is 16.9 Å². The zero-order valence-corrected chi connectivity index (χ0v) is 10.0. The largest absolute Gasteiger partial charge is 0.288 e. The maximum Gasteiger partial charge on any atom is 0.228 e. The Labute approximate surface area is 98.7 Å². The lowest BCUT2D eigenvalue weighted by Crippen LogP contribution is -1.90. The molecular weight excluding hydrogens is 225 g/mol. The van der Waals surface area contributed by atoms with Gasteiger partial charge in [0.15, 0.2) is 5.12 Å². The summed E-state index contributed by atoms with van der Waals surface area (Å²) in [6.45, 7) is 3.35. The Morgan fingerprint density at radius 3 is 3.06 bits per heavy atom. The molecule has 0 aliphatic rings. The fraction of sp³-hybridized carbons (Fsp3) is 0.333. The van der Waals surface area contributed by atoms with E-state index in [1.807, 2.05) is 6.92 Å². The van der Waals surface area contributed by atoms with Crippen LogP contribution in [0.4, 0.5) is 4.39 Å². The van der Waals surface area contributed by atoms with Crippen LogP contribution in [0.3, 0.4) is 0 Å². The Hall–Kier alpha value is -1.34. The van der Waals surface area contributed by atoms with Gasteiger partial charge in [-0.1, -0.05) is 23.6 Å². The van der Waals surface area contributed by atoms with Crippen LogP contribution in [0.25, 0.3) is 0 Å². The molecule has 16 heavy (non-hydrogen) atoms. The van der Waals surface area contributed by atoms with Gasteiger partial charge in [0.05, 0.1) is 5.56 Å². The van der Waals surface area contributed by atoms with E-state index in [-0.39, 0.29) is 5.12 Å². The third kappa shape index (κ3) is 4.45. The van der Waals surface area contributed by atoms with Crippen molar-refractivity contribution in [1.29, 1.82) is 0 Å². The zero-order valence-electron chi connectivity index (χ0n) is 9.21. The molecule has 0 spiro atoms. The lowest BCUT2D eigenvalue weighted by molar-refractivity contribution is -0.109. The van der Waals surface area contributed by atoms with Crippen molar-refractivity contribution in [2.75, 3.05) is 5.75 Å². The lowest BCUT2D eigenvalue weighted by atomic mass is 10.2. The van der Waals surface area contributed by atoms with Crippen LogP contribution in [0.2, 0.25) is 0 Å². The van der Waals surface area contributed by atoms with Crippen LogP contribution >= 0.6 is 11.8 Å². The molecule has 0 saturated heterocycles. The van der Waals surface area contributed by atoms with Crippen molar-refractivity contribution in [3.05, 3.63) is 29.3 Å². The van der Waals surface area contributed by atoms with Crippen molar-refractivity contribution in [1.82, 2.24) is 4.98 Å². The first-order valence-corrected chi connectivity index (χ1v) is 5.82. The normalized spacial score (nSPS) is 9.44. The van der Waals surface area contributed by atoms with Gasteiger partial charge in [-0.25, -0.2) is 4.98 Å². The molecule has 0 atom stereocenters. The summed E-state index contributed by atoms with van der Waals surface area (Å²) >= 11 is 1.22. The molecule has 2 nitrogen and oxygen atoms in total. The van der Waals surface area contributed by atoms with Crippen LogP contribution in [0.15, 0.2) is 12.3 Å². The highest BCUT2D eigenvalue weighted by atomic mass is 32.2. The minimum atomic E-state index is -0.544. The fourth-order valence-corrected chi connectivity index (χ4v) is 1.54. The maximum atomic E-state index is 13.1. The molecule has 0 aliphatic carbocycles. The van der Waals surface area contributed by atoms with Gasteiger partial charge in [-0.2, -0.15) is 4.39 Å². The Kier molecular flexibility index (Phi) is 5.00. The summed E-state index contributed by atoms with van der Waals surface area (Å²) in [7, 11) is 0. The first-order chi connectivity index (χ1) is 7.59. The number of rotatable bonds is 2. The molecule has 0 saturated carbocycles. The first-order valence-electron chi connectivity index (χ1n) is 4.84. The molecule has 0 aromatic carbocycles. The van der Waals surface area contributed by atoms with E-state index in [0.29, 0.717) is 17.7 Å². The lowest BCUT2D eigenvalue weighted by Gasteiger charge is -1.94. The zero-order chi connectivity index (χ0) is 12.0. The smallest absolute Gasteiger partial charge is 0.228 e. The van der Waals surface area contributed by atoms with Crippen molar-refractivity contribution in [3.63, 3.8) is 0 Å². The Bertz CT molecular complexity index is 448. The number of halogens is 1. The quantitative estimate of drug-likeness (QED) is 0.450. The molecule has 0 radical (unpaired) electrons. The highest BCUT2D eigenvalue weighted by molar-refractivity contribution is 8.13. The molecule has 0 unspecified atom stereocenters. The van der Waals surface area contributed by atoms with Crippen LogP contribution in [0.1, 0.15) is 24.5 Å². The minimum Gasteiger partial charge on any atom is -0.288 e. The average Bonchev–Trinajstić information content (AvgIpc) is 2.22. The van der Waals surface area contributed by atoms with E-state index >= 15 is 0 Å². The van der Waals surface area contributed by atoms with Gasteiger partial charge >= 0.3 is 0 Å². The molecule has 0 bridgehead atoms. The van der Waals surface area contributed by atoms with Gasteiger partial charge in [-0.3, -0.25) is 4.79 Å². The molecule has 1 heterocycles. The highest BCUT2D eigenvalue weighted by Crippen LogP contribution is 2.06. The Morgan fingerprint density at radius 2 is 2.38 bits per heavy atom. The SMILES string of the molecule is CC(=O)SCCC#Cc1cc(C)cnc1F. The number of hydrogen-bond donors (Lipinski definition) is 0. The van der Waals surface area contributed by atoms with Crippen LogP contribution < -0.4 is 0 Å². The van der Waals surface area contributed by atoms with E-state index in [9.17, 15) is 9.18 Å². The average molecular weight is 237 g/mol. The van der Waals surface area contributed by atoms with Crippen molar-refractivity contribution in [2.24, 2.45) is 0 Å². The molecule has 0 fully saturated rings. The Morgan fingerprint density at radius 1 is 1.62 bits per heavy atom. The molecule has 0 amide bonds. The molecule has 0 N–H and O–H groups in total. The predicted octanol–water partition coefficient (Wildman–Crippen LogP) is 2.55. The van der Waals surface area contributed by atoms with Crippen LogP contribution in [-0.2, 0) is 4.79 Å². The highest BCUT2D eigenvalue weighted by Gasteiger charge is 1.99. The van der Waals surface area contributed by atoms with Gasteiger partial charge in [0.2, 0.25) is 5.95 Å². The van der Waals surface area contributed by atoms with Crippen LogP contribution in [0.5, 0.6) is 0 Å². The van der Waals surface area contributed by atoms with E-state index in [0.717, 1.165) is 5.56 Å². The first kappa shape index (κ1) is 12.7.